The van der Waals surface area contributed by atoms with Crippen LogP contribution < -0.4 is 54.4 Å². The van der Waals surface area contributed by atoms with E-state index in [0.717, 1.165) is 108 Å². The number of likely N-dealkylation sites (tertiary alicyclic amines) is 2. The van der Waals surface area contributed by atoms with Gasteiger partial charge in [0.25, 0.3) is 17.8 Å². The summed E-state index contributed by atoms with van der Waals surface area (Å²) in [5.41, 5.74) is 36.9. The predicted octanol–water partition coefficient (Wildman–Crippen LogP) is 7.55. The highest BCUT2D eigenvalue weighted by Gasteiger charge is 2.27. The lowest BCUT2D eigenvalue weighted by molar-refractivity contribution is 0.0198. The number of aromatic nitrogens is 16. The Bertz CT molecular complexity index is 4900. The molecule has 34 nitrogen and oxygen atoms in total. The molecule has 110 heavy (non-hydrogen) atoms. The van der Waals surface area contributed by atoms with E-state index < -0.39 is 0 Å². The van der Waals surface area contributed by atoms with E-state index in [0.29, 0.717) is 83.3 Å². The number of ether oxygens (including phenoxy) is 2. The van der Waals surface area contributed by atoms with Gasteiger partial charge < -0.3 is 78.6 Å². The normalized spacial score (nSPS) is 15.6. The topological polar surface area (TPSA) is 413 Å². The molecule has 0 bridgehead atoms. The first-order chi connectivity index (χ1) is 53.5. The minimum atomic E-state index is -0.00343. The maximum atomic E-state index is 12.8. The molecule has 12 aromatic rings. The van der Waals surface area contributed by atoms with Gasteiger partial charge in [0, 0.05) is 136 Å². The van der Waals surface area contributed by atoms with Gasteiger partial charge in [0.05, 0.1) is 26.4 Å². The Kier molecular flexibility index (Phi) is 24.3. The molecule has 2 unspecified atom stereocenters. The summed E-state index contributed by atoms with van der Waals surface area (Å²) < 4.78 is 16.8. The largest absolute Gasteiger partial charge is 0.379 e. The van der Waals surface area contributed by atoms with Gasteiger partial charge in [0.1, 0.15) is 0 Å². The van der Waals surface area contributed by atoms with Crippen LogP contribution in [-0.2, 0) is 9.47 Å². The molecule has 4 saturated heterocycles. The van der Waals surface area contributed by atoms with Crippen molar-refractivity contribution in [3.05, 3.63) is 211 Å². The quantitative estimate of drug-likeness (QED) is 0.0411. The first kappa shape index (κ1) is 75.2. The van der Waals surface area contributed by atoms with E-state index >= 15 is 0 Å². The van der Waals surface area contributed by atoms with Crippen LogP contribution in [0.4, 0.5) is 76.0 Å². The summed E-state index contributed by atoms with van der Waals surface area (Å²) in [6, 6.07) is 53.9. The number of nitrogens with zero attached hydrogens (tertiary/aromatic N) is 22. The van der Waals surface area contributed by atoms with Gasteiger partial charge in [-0.05, 0) is 185 Å². The molecule has 4 aromatic carbocycles. The highest BCUT2D eigenvalue weighted by Crippen LogP contribution is 2.29. The number of hydrogen-bond acceptors (Lipinski definition) is 28. The van der Waals surface area contributed by atoms with Crippen molar-refractivity contribution in [2.75, 3.05) is 149 Å². The number of morpholine rings is 2. The third-order valence-corrected chi connectivity index (χ3v) is 19.0. The number of nitrogen functional groups attached to an aromatic ring is 4. The van der Waals surface area contributed by atoms with Gasteiger partial charge in [-0.2, -0.15) is 38.7 Å². The van der Waals surface area contributed by atoms with Crippen LogP contribution >= 0.6 is 0 Å². The van der Waals surface area contributed by atoms with Gasteiger partial charge >= 0.3 is 0 Å². The molecule has 16 rings (SSSR count). The summed E-state index contributed by atoms with van der Waals surface area (Å²) in [6.45, 7) is 12.5. The first-order valence-corrected chi connectivity index (χ1v) is 36.2. The van der Waals surface area contributed by atoms with E-state index in [4.69, 9.17) is 38.1 Å². The number of nitrogens with two attached hydrogens (primary N) is 5. The van der Waals surface area contributed by atoms with Crippen LogP contribution in [0.15, 0.2) is 195 Å². The number of piperidine rings is 1. The number of nitrogens with one attached hydrogen (secondary N) is 3. The molecule has 4 fully saturated rings. The van der Waals surface area contributed by atoms with Crippen LogP contribution in [0, 0.1) is 0 Å². The number of carbonyl (C=O) groups excluding carboxylic acids is 2. The lowest BCUT2D eigenvalue weighted by Gasteiger charge is -2.35. The molecule has 4 aliphatic rings. The Hall–Kier alpha value is -13.0. The second-order valence-electron chi connectivity index (χ2n) is 26.5. The fourth-order valence-corrected chi connectivity index (χ4v) is 12.7. The van der Waals surface area contributed by atoms with Crippen molar-refractivity contribution in [3.8, 4) is 23.3 Å². The van der Waals surface area contributed by atoms with E-state index in [1.165, 1.54) is 30.0 Å². The molecule has 12 heterocycles. The molecule has 568 valence electrons. The molecule has 4 aliphatic heterocycles. The zero-order valence-electron chi connectivity index (χ0n) is 61.7. The van der Waals surface area contributed by atoms with Crippen LogP contribution in [0.1, 0.15) is 58.5 Å². The van der Waals surface area contributed by atoms with Gasteiger partial charge in [0.15, 0.2) is 23.3 Å². The Labute approximate surface area is 635 Å². The zero-order chi connectivity index (χ0) is 76.5. The molecule has 34 heteroatoms. The number of hydrogen-bond donors (Lipinski definition) is 8. The zero-order valence-corrected chi connectivity index (χ0v) is 61.7. The average Bonchev–Trinajstić information content (AvgIpc) is 1.66. The number of amides is 2. The summed E-state index contributed by atoms with van der Waals surface area (Å²) in [4.78, 5) is 71.9. The maximum Gasteiger partial charge on any atom is 0.253 e. The summed E-state index contributed by atoms with van der Waals surface area (Å²) in [5.74, 6) is 5.20. The molecule has 13 N–H and O–H groups in total. The average molecular weight is 1490 g/mol. The van der Waals surface area contributed by atoms with E-state index in [2.05, 4.69) is 141 Å². The SMILES string of the molecule is CC(c1ccc(Nc2nc(N)n(-c3ccccn3)n2)cc1)N1CCOCC1.CN(c1ccc(N2CCOCC2)cc1)c1nc(N)n(-c2ccccn2)n1.CN1CCC(N(C)C(=O)c2ccc(Nc3nc(N)n(-c4ccccn4)n3)cc2)CC1.Nc1nc(Nc2ccc(C(=O)N3CCC(N)C3)cc2)nn1-c1ccccn1. The van der Waals surface area contributed by atoms with Crippen LogP contribution in [0.5, 0.6) is 0 Å². The van der Waals surface area contributed by atoms with Gasteiger partial charge in [-0.25, -0.2) is 19.9 Å². The Morgan fingerprint density at radius 2 is 0.900 bits per heavy atom. The standard InChI is InChI=1S/C21H26N8O.C19H23N7O.C18H20N8O.C18H21N7O/c1-27-13-10-17(11-14-27)28(2)19(30)15-6-8-16(9-7-15)24-21-25-20(22)29(26-21)18-5-3-4-12-23-18;1-14(25-10-12-27-13-11-25)15-5-7-16(8-6-15)22-19-23-18(20)26(24-19)17-4-2-3-9-21-17;19-13-8-10-25(11-13)16(27)12-4-6-14(7-5-12)22-18-23-17(20)26(24-18)15-3-1-2-9-21-15;1-23(14-5-7-15(8-6-14)24-10-12-26-13-11-24)18-21-17(19)25(22-18)16-4-2-3-9-20-16/h3-9,12,17H,10-11,13-14H2,1-2H3,(H3,22,24,25,26);2-9,14H,10-13H2,1H3,(H3,20,22,23,24);1-7,9,13H,8,10-11,19H2,(H3,20,22,23,24);2-9H,10-13H2,1H3,(H2,19,21,22). The van der Waals surface area contributed by atoms with Crippen molar-refractivity contribution in [1.82, 2.24) is 98.6 Å². The molecular formula is C76H90N30O4. The Morgan fingerprint density at radius 3 is 1.33 bits per heavy atom. The van der Waals surface area contributed by atoms with E-state index in [9.17, 15) is 9.59 Å². The molecule has 2 amide bonds. The monoisotopic (exact) mass is 1490 g/mol. The Balaban J connectivity index is 0.000000129. The fraction of sp³-hybridized carbons (Fsp3) is 0.289. The summed E-state index contributed by atoms with van der Waals surface area (Å²) >= 11 is 0. The van der Waals surface area contributed by atoms with Gasteiger partial charge in [-0.3, -0.25) is 14.5 Å². The number of carbonyl (C=O) groups is 2. The van der Waals surface area contributed by atoms with Crippen molar-refractivity contribution in [1.29, 1.82) is 0 Å². The van der Waals surface area contributed by atoms with E-state index in [1.807, 2.05) is 121 Å². The lowest BCUT2D eigenvalue weighted by atomic mass is 10.0. The molecule has 2 atom stereocenters. The number of rotatable bonds is 18. The lowest BCUT2D eigenvalue weighted by Crippen LogP contribution is -2.44. The van der Waals surface area contributed by atoms with E-state index in [-0.39, 0.29) is 41.7 Å². The minimum Gasteiger partial charge on any atom is -0.379 e. The van der Waals surface area contributed by atoms with Crippen LogP contribution in [0.3, 0.4) is 0 Å². The Morgan fingerprint density at radius 1 is 0.482 bits per heavy atom. The van der Waals surface area contributed by atoms with Crippen molar-refractivity contribution < 1.29 is 19.1 Å². The number of anilines is 13. The van der Waals surface area contributed by atoms with Gasteiger partial charge in [0.2, 0.25) is 41.6 Å². The van der Waals surface area contributed by atoms with Crippen LogP contribution in [0.25, 0.3) is 23.3 Å². The molecule has 8 aromatic heterocycles. The van der Waals surface area contributed by atoms with Crippen LogP contribution in [-0.4, -0.2) is 222 Å². The minimum absolute atomic E-state index is 0.00343. The predicted molar refractivity (Wildman–Crippen MR) is 423 cm³/mol. The molecule has 0 aliphatic carbocycles. The van der Waals surface area contributed by atoms with Gasteiger partial charge in [-0.15, -0.1) is 20.4 Å². The summed E-state index contributed by atoms with van der Waals surface area (Å²) in [6.07, 6.45) is 9.57. The third-order valence-electron chi connectivity index (χ3n) is 19.0. The second-order valence-corrected chi connectivity index (χ2v) is 26.5. The number of benzene rings is 4. The fourth-order valence-electron chi connectivity index (χ4n) is 12.7. The maximum absolute atomic E-state index is 12.8. The molecule has 0 radical (unpaired) electrons. The molecule has 0 spiro atoms. The summed E-state index contributed by atoms with van der Waals surface area (Å²) in [7, 11) is 5.92. The second kappa shape index (κ2) is 35.6. The number of pyridine rings is 4. The third kappa shape index (κ3) is 19.0. The highest BCUT2D eigenvalue weighted by molar-refractivity contribution is 5.95. The highest BCUT2D eigenvalue weighted by atomic mass is 16.5. The van der Waals surface area contributed by atoms with E-state index in [1.54, 1.807) is 66.1 Å². The molecular weight excluding hydrogens is 1400 g/mol. The molecule has 0 saturated carbocycles. The summed E-state index contributed by atoms with van der Waals surface area (Å²) in [5, 5.41) is 27.0. The smallest absolute Gasteiger partial charge is 0.253 e. The first-order valence-electron chi connectivity index (χ1n) is 36.2. The van der Waals surface area contributed by atoms with Crippen molar-refractivity contribution in [2.45, 2.75) is 44.3 Å². The van der Waals surface area contributed by atoms with Crippen LogP contribution in [0.2, 0.25) is 0 Å². The van der Waals surface area contributed by atoms with Gasteiger partial charge in [-0.1, -0.05) is 36.4 Å². The van der Waals surface area contributed by atoms with Crippen molar-refractivity contribution in [3.63, 3.8) is 0 Å². The van der Waals surface area contributed by atoms with Crippen molar-refractivity contribution >= 4 is 87.8 Å². The van der Waals surface area contributed by atoms with Crippen molar-refractivity contribution in [2.24, 2.45) is 5.73 Å².